The Morgan fingerprint density at radius 3 is 2.34 bits per heavy atom. The van der Waals surface area contributed by atoms with Gasteiger partial charge in [0.05, 0.1) is 25.7 Å². The summed E-state index contributed by atoms with van der Waals surface area (Å²) in [5.74, 6) is 0.874. The molecular weight excluding hydrogens is 405 g/mol. The fraction of sp³-hybridized carbons (Fsp3) is 0.296. The second kappa shape index (κ2) is 9.03. The van der Waals surface area contributed by atoms with Crippen LogP contribution >= 0.6 is 0 Å². The highest BCUT2D eigenvalue weighted by atomic mass is 19.1. The lowest BCUT2D eigenvalue weighted by Gasteiger charge is -2.38. The lowest BCUT2D eigenvalue weighted by molar-refractivity contribution is -0.118. The molecule has 0 N–H and O–H groups in total. The number of rotatable bonds is 6. The van der Waals surface area contributed by atoms with Crippen LogP contribution in [0.5, 0.6) is 11.5 Å². The monoisotopic (exact) mass is 433 g/mol. The van der Waals surface area contributed by atoms with Crippen molar-refractivity contribution in [3.8, 4) is 11.5 Å². The van der Waals surface area contributed by atoms with Crippen LogP contribution in [-0.2, 0) is 11.2 Å². The average molecular weight is 434 g/mol. The van der Waals surface area contributed by atoms with Gasteiger partial charge in [-0.15, -0.1) is 0 Å². The number of ether oxygens (including phenoxy) is 2. The maximum Gasteiger partial charge on any atom is 0.232 e. The Balaban J connectivity index is 1.94. The number of nitrogens with zero attached hydrogens (tertiary/aromatic N) is 1. The topological polar surface area (TPSA) is 38.8 Å². The fourth-order valence-corrected chi connectivity index (χ4v) is 4.29. The van der Waals surface area contributed by atoms with Gasteiger partial charge in [-0.25, -0.2) is 4.39 Å². The number of anilines is 1. The molecule has 4 rings (SSSR count). The summed E-state index contributed by atoms with van der Waals surface area (Å²) in [5.41, 5.74) is 5.01. The molecule has 3 aromatic rings. The first kappa shape index (κ1) is 21.9. The second-order valence-electron chi connectivity index (χ2n) is 8.05. The van der Waals surface area contributed by atoms with Gasteiger partial charge in [-0.2, -0.15) is 0 Å². The van der Waals surface area contributed by atoms with E-state index in [1.54, 1.807) is 17.9 Å². The third kappa shape index (κ3) is 4.07. The normalized spacial score (nSPS) is 15.5. The van der Waals surface area contributed by atoms with E-state index in [4.69, 9.17) is 9.47 Å². The van der Waals surface area contributed by atoms with E-state index in [-0.39, 0.29) is 18.1 Å². The first-order valence-electron chi connectivity index (χ1n) is 11.0. The lowest BCUT2D eigenvalue weighted by Crippen LogP contribution is -2.41. The third-order valence-corrected chi connectivity index (χ3v) is 5.76. The largest absolute Gasteiger partial charge is 0.490 e. The molecule has 0 saturated heterocycles. The van der Waals surface area contributed by atoms with Gasteiger partial charge in [-0.3, -0.25) is 4.79 Å². The highest BCUT2D eigenvalue weighted by molar-refractivity contribution is 5.98. The highest BCUT2D eigenvalue weighted by Gasteiger charge is 2.36. The SMILES string of the molecule is CCOc1cc2c(cc1OCC)[C@@H](c1cccc(C)c1)N(c1ccc(C)c(F)c1)C(=O)C2. The van der Waals surface area contributed by atoms with Crippen molar-refractivity contribution in [3.63, 3.8) is 0 Å². The van der Waals surface area contributed by atoms with Gasteiger partial charge in [0.1, 0.15) is 5.82 Å². The molecule has 0 unspecified atom stereocenters. The van der Waals surface area contributed by atoms with E-state index in [1.807, 2.05) is 57.2 Å². The Bertz CT molecular complexity index is 1160. The van der Waals surface area contributed by atoms with Gasteiger partial charge in [0.25, 0.3) is 0 Å². The molecule has 1 aliphatic heterocycles. The summed E-state index contributed by atoms with van der Waals surface area (Å²) in [5, 5.41) is 0. The van der Waals surface area contributed by atoms with Crippen LogP contribution in [0.2, 0.25) is 0 Å². The lowest BCUT2D eigenvalue weighted by atomic mass is 9.86. The molecule has 0 radical (unpaired) electrons. The van der Waals surface area contributed by atoms with E-state index in [2.05, 4.69) is 6.07 Å². The molecule has 0 aromatic heterocycles. The summed E-state index contributed by atoms with van der Waals surface area (Å²) >= 11 is 0. The van der Waals surface area contributed by atoms with Crippen LogP contribution in [0.1, 0.15) is 47.7 Å². The van der Waals surface area contributed by atoms with Gasteiger partial charge in [-0.05, 0) is 74.2 Å². The number of halogens is 1. The first-order valence-corrected chi connectivity index (χ1v) is 11.0. The predicted molar refractivity (Wildman–Crippen MR) is 124 cm³/mol. The average Bonchev–Trinajstić information content (AvgIpc) is 2.76. The summed E-state index contributed by atoms with van der Waals surface area (Å²) < 4.78 is 26.1. The van der Waals surface area contributed by atoms with E-state index in [9.17, 15) is 9.18 Å². The number of hydrogen-bond acceptors (Lipinski definition) is 3. The van der Waals surface area contributed by atoms with Crippen LogP contribution in [0.15, 0.2) is 54.6 Å². The zero-order chi connectivity index (χ0) is 22.8. The molecular formula is C27H28FNO3. The van der Waals surface area contributed by atoms with Crippen LogP contribution in [0, 0.1) is 19.7 Å². The number of amides is 1. The van der Waals surface area contributed by atoms with Crippen molar-refractivity contribution < 1.29 is 18.7 Å². The molecule has 5 heteroatoms. The van der Waals surface area contributed by atoms with Crippen molar-refractivity contribution in [1.29, 1.82) is 0 Å². The van der Waals surface area contributed by atoms with Crippen LogP contribution in [0.4, 0.5) is 10.1 Å². The van der Waals surface area contributed by atoms with Crippen LogP contribution in [0.3, 0.4) is 0 Å². The maximum atomic E-state index is 14.5. The van der Waals surface area contributed by atoms with Crippen LogP contribution < -0.4 is 14.4 Å². The third-order valence-electron chi connectivity index (χ3n) is 5.76. The summed E-state index contributed by atoms with van der Waals surface area (Å²) in [4.78, 5) is 15.1. The molecule has 32 heavy (non-hydrogen) atoms. The van der Waals surface area contributed by atoms with E-state index in [0.717, 1.165) is 22.3 Å². The quantitative estimate of drug-likeness (QED) is 0.484. The number of hydrogen-bond donors (Lipinski definition) is 0. The Hall–Kier alpha value is -3.34. The van der Waals surface area contributed by atoms with Crippen molar-refractivity contribution in [1.82, 2.24) is 0 Å². The second-order valence-corrected chi connectivity index (χ2v) is 8.05. The van der Waals surface area contributed by atoms with Crippen LogP contribution in [0.25, 0.3) is 0 Å². The Morgan fingerprint density at radius 2 is 1.69 bits per heavy atom. The molecule has 4 nitrogen and oxygen atoms in total. The smallest absolute Gasteiger partial charge is 0.232 e. The summed E-state index contributed by atoms with van der Waals surface area (Å²) in [6.45, 7) is 8.59. The Morgan fingerprint density at radius 1 is 0.969 bits per heavy atom. The Kier molecular flexibility index (Phi) is 6.17. The van der Waals surface area contributed by atoms with Gasteiger partial charge in [0, 0.05) is 5.69 Å². The van der Waals surface area contributed by atoms with Gasteiger partial charge < -0.3 is 14.4 Å². The van der Waals surface area contributed by atoms with Gasteiger partial charge in [0.2, 0.25) is 5.91 Å². The van der Waals surface area contributed by atoms with Crippen molar-refractivity contribution in [2.24, 2.45) is 0 Å². The number of benzene rings is 3. The van der Waals surface area contributed by atoms with E-state index < -0.39 is 6.04 Å². The molecule has 0 spiro atoms. The minimum Gasteiger partial charge on any atom is -0.490 e. The zero-order valence-electron chi connectivity index (χ0n) is 18.9. The molecule has 166 valence electrons. The van der Waals surface area contributed by atoms with Gasteiger partial charge >= 0.3 is 0 Å². The highest BCUT2D eigenvalue weighted by Crippen LogP contribution is 2.43. The minimum atomic E-state index is -0.400. The van der Waals surface area contributed by atoms with Gasteiger partial charge in [0.15, 0.2) is 11.5 Å². The predicted octanol–water partition coefficient (Wildman–Crippen LogP) is 5.92. The molecule has 1 heterocycles. The molecule has 0 bridgehead atoms. The summed E-state index contributed by atoms with van der Waals surface area (Å²) in [6.07, 6.45) is 0.208. The zero-order valence-corrected chi connectivity index (χ0v) is 18.9. The minimum absolute atomic E-state index is 0.0844. The number of fused-ring (bicyclic) bond motifs is 1. The first-order chi connectivity index (χ1) is 15.4. The number of carbonyl (C=O) groups is 1. The van der Waals surface area contributed by atoms with Crippen molar-refractivity contribution in [2.75, 3.05) is 18.1 Å². The van der Waals surface area contributed by atoms with Gasteiger partial charge in [-0.1, -0.05) is 35.9 Å². The molecule has 0 fully saturated rings. The summed E-state index contributed by atoms with van der Waals surface area (Å²) in [6, 6.07) is 16.5. The molecule has 0 aliphatic carbocycles. The van der Waals surface area contributed by atoms with Crippen molar-refractivity contribution >= 4 is 11.6 Å². The molecule has 3 aromatic carbocycles. The van der Waals surface area contributed by atoms with Crippen molar-refractivity contribution in [2.45, 2.75) is 40.2 Å². The standard InChI is InChI=1S/C27H28FNO3/c1-5-31-24-13-20-14-26(30)29(21-11-10-18(4)23(28)15-21)27(19-9-7-8-17(3)12-19)22(20)16-25(24)32-6-2/h7-13,15-16,27H,5-6,14H2,1-4H3/t27-/m1/s1. The maximum absolute atomic E-state index is 14.5. The number of aryl methyl sites for hydroxylation is 2. The van der Waals surface area contributed by atoms with Crippen molar-refractivity contribution in [3.05, 3.63) is 88.2 Å². The Labute approximate surface area is 188 Å². The van der Waals surface area contributed by atoms with Crippen LogP contribution in [-0.4, -0.2) is 19.1 Å². The van der Waals surface area contributed by atoms with E-state index in [1.165, 1.54) is 6.07 Å². The van der Waals surface area contributed by atoms with E-state index >= 15 is 0 Å². The molecule has 1 aliphatic rings. The molecule has 1 amide bonds. The molecule has 0 saturated carbocycles. The summed E-state index contributed by atoms with van der Waals surface area (Å²) in [7, 11) is 0. The molecule has 1 atom stereocenters. The number of carbonyl (C=O) groups excluding carboxylic acids is 1. The van der Waals surface area contributed by atoms with E-state index in [0.29, 0.717) is 36.0 Å². The fourth-order valence-electron chi connectivity index (χ4n) is 4.29.